The second-order valence-corrected chi connectivity index (χ2v) is 8.05. The van der Waals surface area contributed by atoms with Crippen molar-refractivity contribution in [3.63, 3.8) is 0 Å². The Hall–Kier alpha value is -3.27. The number of hydrogen-bond acceptors (Lipinski definition) is 7. The molecule has 0 spiro atoms. The van der Waals surface area contributed by atoms with Crippen LogP contribution in [0.25, 0.3) is 11.3 Å². The summed E-state index contributed by atoms with van der Waals surface area (Å²) in [5, 5.41) is 13.2. The van der Waals surface area contributed by atoms with Crippen LogP contribution in [0.15, 0.2) is 53.5 Å². The van der Waals surface area contributed by atoms with Crippen molar-refractivity contribution in [3.05, 3.63) is 75.2 Å². The maximum absolute atomic E-state index is 12.6. The maximum Gasteiger partial charge on any atom is 0.277 e. The molecule has 0 saturated carbocycles. The van der Waals surface area contributed by atoms with Crippen LogP contribution < -0.4 is 16.2 Å². The zero-order valence-electron chi connectivity index (χ0n) is 18.0. The lowest BCUT2D eigenvalue weighted by atomic mass is 10.1. The van der Waals surface area contributed by atoms with Gasteiger partial charge in [0.25, 0.3) is 11.5 Å². The second-order valence-electron chi connectivity index (χ2n) is 7.62. The van der Waals surface area contributed by atoms with Crippen LogP contribution in [-0.4, -0.2) is 65.4 Å². The predicted octanol–water partition coefficient (Wildman–Crippen LogP) is 2.16. The Labute approximate surface area is 196 Å². The number of aromatic nitrogens is 3. The van der Waals surface area contributed by atoms with Gasteiger partial charge in [-0.2, -0.15) is 5.10 Å². The highest BCUT2D eigenvalue weighted by molar-refractivity contribution is 6.30. The first-order chi connectivity index (χ1) is 16.1. The Morgan fingerprint density at radius 3 is 2.73 bits per heavy atom. The van der Waals surface area contributed by atoms with E-state index in [1.165, 1.54) is 6.07 Å². The molecule has 1 fully saturated rings. The standard InChI is InChI=1S/C23H25ClN6O3/c24-18-3-1-16(2-4-18)15-27-22(31)19-14-20(28-29-23(19)32)17-5-6-25-21(13-17)26-7-8-30-9-11-33-12-10-30/h1-6,13-14H,7-12,15H2,(H,25,26)(H,27,31)(H,29,32). The van der Waals surface area contributed by atoms with E-state index in [0.29, 0.717) is 16.5 Å². The summed E-state index contributed by atoms with van der Waals surface area (Å²) in [5.74, 6) is 0.218. The number of benzene rings is 1. The first-order valence-corrected chi connectivity index (χ1v) is 11.1. The molecule has 1 aromatic carbocycles. The molecule has 3 aromatic rings. The molecule has 10 heteroatoms. The summed E-state index contributed by atoms with van der Waals surface area (Å²) in [5.41, 5.74) is 1.53. The van der Waals surface area contributed by atoms with Crippen molar-refractivity contribution >= 4 is 23.3 Å². The average molecular weight is 469 g/mol. The lowest BCUT2D eigenvalue weighted by Gasteiger charge is -2.26. The number of carbonyl (C=O) groups excluding carboxylic acids is 1. The van der Waals surface area contributed by atoms with Crippen LogP contribution in [0.1, 0.15) is 15.9 Å². The minimum atomic E-state index is -0.551. The molecular weight excluding hydrogens is 444 g/mol. The Morgan fingerprint density at radius 1 is 1.15 bits per heavy atom. The lowest BCUT2D eigenvalue weighted by Crippen LogP contribution is -2.39. The van der Waals surface area contributed by atoms with Gasteiger partial charge in [0.05, 0.1) is 18.9 Å². The molecule has 0 aliphatic carbocycles. The first kappa shape index (κ1) is 22.9. The number of hydrogen-bond donors (Lipinski definition) is 3. The van der Waals surface area contributed by atoms with E-state index in [-0.39, 0.29) is 12.1 Å². The van der Waals surface area contributed by atoms with Gasteiger partial charge in [-0.1, -0.05) is 23.7 Å². The Morgan fingerprint density at radius 2 is 1.94 bits per heavy atom. The summed E-state index contributed by atoms with van der Waals surface area (Å²) in [7, 11) is 0. The number of amides is 1. The maximum atomic E-state index is 12.6. The van der Waals surface area contributed by atoms with Gasteiger partial charge in [0.1, 0.15) is 11.4 Å². The number of H-pyrrole nitrogens is 1. The monoisotopic (exact) mass is 468 g/mol. The molecule has 33 heavy (non-hydrogen) atoms. The molecule has 1 amide bonds. The zero-order valence-corrected chi connectivity index (χ0v) is 18.8. The number of carbonyl (C=O) groups is 1. The fraction of sp³-hybridized carbons (Fsp3) is 0.304. The van der Waals surface area contributed by atoms with E-state index in [1.54, 1.807) is 24.4 Å². The van der Waals surface area contributed by atoms with Crippen LogP contribution in [0.2, 0.25) is 5.02 Å². The van der Waals surface area contributed by atoms with Crippen LogP contribution in [0.3, 0.4) is 0 Å². The fourth-order valence-corrected chi connectivity index (χ4v) is 3.58. The quantitative estimate of drug-likeness (QED) is 0.464. The van der Waals surface area contributed by atoms with Crippen molar-refractivity contribution < 1.29 is 9.53 Å². The van der Waals surface area contributed by atoms with Crippen molar-refractivity contribution in [3.8, 4) is 11.3 Å². The Bertz CT molecular complexity index is 1150. The predicted molar refractivity (Wildman–Crippen MR) is 126 cm³/mol. The van der Waals surface area contributed by atoms with Crippen LogP contribution in [0.5, 0.6) is 0 Å². The van der Waals surface area contributed by atoms with Gasteiger partial charge in [-0.05, 0) is 35.9 Å². The molecule has 0 radical (unpaired) electrons. The number of aromatic amines is 1. The zero-order chi connectivity index (χ0) is 23.0. The summed E-state index contributed by atoms with van der Waals surface area (Å²) in [6.45, 7) is 5.30. The van der Waals surface area contributed by atoms with Gasteiger partial charge < -0.3 is 15.4 Å². The van der Waals surface area contributed by atoms with Crippen LogP contribution in [-0.2, 0) is 11.3 Å². The molecule has 0 unspecified atom stereocenters. The van der Waals surface area contributed by atoms with Gasteiger partial charge in [0, 0.05) is 49.5 Å². The molecule has 1 aliphatic heterocycles. The Kier molecular flexibility index (Phi) is 7.66. The van der Waals surface area contributed by atoms with Gasteiger partial charge in [0.15, 0.2) is 0 Å². The van der Waals surface area contributed by atoms with E-state index in [0.717, 1.165) is 50.5 Å². The van der Waals surface area contributed by atoms with Gasteiger partial charge in [-0.15, -0.1) is 0 Å². The van der Waals surface area contributed by atoms with Crippen molar-refractivity contribution in [2.24, 2.45) is 0 Å². The molecule has 3 heterocycles. The molecule has 3 N–H and O–H groups in total. The number of ether oxygens (including phenoxy) is 1. The largest absolute Gasteiger partial charge is 0.379 e. The van der Waals surface area contributed by atoms with E-state index in [4.69, 9.17) is 16.3 Å². The van der Waals surface area contributed by atoms with Crippen LogP contribution in [0, 0.1) is 0 Å². The number of nitrogens with one attached hydrogen (secondary N) is 3. The average Bonchev–Trinajstić information content (AvgIpc) is 2.85. The van der Waals surface area contributed by atoms with Crippen molar-refractivity contribution in [2.45, 2.75) is 6.54 Å². The molecule has 1 aliphatic rings. The second kappa shape index (κ2) is 11.0. The number of rotatable bonds is 8. The fourth-order valence-electron chi connectivity index (χ4n) is 3.46. The highest BCUT2D eigenvalue weighted by Gasteiger charge is 2.14. The van der Waals surface area contributed by atoms with E-state index in [2.05, 4.69) is 30.7 Å². The van der Waals surface area contributed by atoms with Crippen LogP contribution >= 0.6 is 11.6 Å². The third-order valence-electron chi connectivity index (χ3n) is 5.31. The Balaban J connectivity index is 1.40. The minimum Gasteiger partial charge on any atom is -0.379 e. The molecule has 9 nitrogen and oxygen atoms in total. The van der Waals surface area contributed by atoms with Crippen molar-refractivity contribution in [2.75, 3.05) is 44.7 Å². The van der Waals surface area contributed by atoms with E-state index in [1.807, 2.05) is 18.2 Å². The molecule has 172 valence electrons. The van der Waals surface area contributed by atoms with Crippen LogP contribution in [0.4, 0.5) is 5.82 Å². The van der Waals surface area contributed by atoms with Gasteiger partial charge in [-0.3, -0.25) is 14.5 Å². The summed E-state index contributed by atoms with van der Waals surface area (Å²) < 4.78 is 5.37. The third kappa shape index (κ3) is 6.38. The summed E-state index contributed by atoms with van der Waals surface area (Å²) >= 11 is 5.89. The van der Waals surface area contributed by atoms with Crippen molar-refractivity contribution in [1.82, 2.24) is 25.4 Å². The van der Waals surface area contributed by atoms with Gasteiger partial charge in [0.2, 0.25) is 0 Å². The molecule has 0 atom stereocenters. The highest BCUT2D eigenvalue weighted by atomic mass is 35.5. The summed E-state index contributed by atoms with van der Waals surface area (Å²) in [6, 6.07) is 12.2. The summed E-state index contributed by atoms with van der Waals surface area (Å²) in [4.78, 5) is 31.5. The summed E-state index contributed by atoms with van der Waals surface area (Å²) in [6.07, 6.45) is 1.67. The lowest BCUT2D eigenvalue weighted by molar-refractivity contribution is 0.0398. The third-order valence-corrected chi connectivity index (χ3v) is 5.56. The van der Waals surface area contributed by atoms with E-state index in [9.17, 15) is 9.59 Å². The number of nitrogens with zero attached hydrogens (tertiary/aromatic N) is 3. The normalized spacial score (nSPS) is 14.1. The molecule has 2 aromatic heterocycles. The number of anilines is 1. The van der Waals surface area contributed by atoms with Crippen molar-refractivity contribution in [1.29, 1.82) is 0 Å². The molecular formula is C23H25ClN6O3. The number of morpholine rings is 1. The van der Waals surface area contributed by atoms with Gasteiger partial charge in [-0.25, -0.2) is 10.1 Å². The van der Waals surface area contributed by atoms with Gasteiger partial charge >= 0.3 is 0 Å². The molecule has 0 bridgehead atoms. The minimum absolute atomic E-state index is 0.00685. The van der Waals surface area contributed by atoms with E-state index < -0.39 is 11.5 Å². The first-order valence-electron chi connectivity index (χ1n) is 10.7. The highest BCUT2D eigenvalue weighted by Crippen LogP contribution is 2.19. The smallest absolute Gasteiger partial charge is 0.277 e. The SMILES string of the molecule is O=C(NCc1ccc(Cl)cc1)c1cc(-c2ccnc(NCCN3CCOCC3)c2)n[nH]c1=O. The molecule has 4 rings (SSSR count). The van der Waals surface area contributed by atoms with E-state index >= 15 is 0 Å². The topological polar surface area (TPSA) is 112 Å². The number of halogens is 1. The number of pyridine rings is 1. The molecule has 1 saturated heterocycles.